The summed E-state index contributed by atoms with van der Waals surface area (Å²) < 4.78 is 5.29. The van der Waals surface area contributed by atoms with Gasteiger partial charge in [0.15, 0.2) is 0 Å². The summed E-state index contributed by atoms with van der Waals surface area (Å²) >= 11 is 1.69. The Hall–Kier alpha value is -1.70. The van der Waals surface area contributed by atoms with E-state index in [1.165, 1.54) is 16.0 Å². The number of aryl methyl sites for hydroxylation is 2. The zero-order valence-electron chi connectivity index (χ0n) is 17.0. The van der Waals surface area contributed by atoms with Crippen molar-refractivity contribution in [1.82, 2.24) is 15.0 Å². The van der Waals surface area contributed by atoms with Crippen LogP contribution in [0.3, 0.4) is 0 Å². The van der Waals surface area contributed by atoms with E-state index < -0.39 is 0 Å². The van der Waals surface area contributed by atoms with Gasteiger partial charge in [0.1, 0.15) is 5.76 Å². The Kier molecular flexibility index (Phi) is 5.33. The Morgan fingerprint density at radius 3 is 2.82 bits per heavy atom. The molecule has 0 unspecified atom stereocenters. The number of rotatable bonds is 6. The number of aliphatic hydroxyl groups excluding tert-OH is 1. The molecule has 0 spiro atoms. The van der Waals surface area contributed by atoms with E-state index in [9.17, 15) is 9.90 Å². The fraction of sp³-hybridized carbons (Fsp3) is 0.619. The highest BCUT2D eigenvalue weighted by molar-refractivity contribution is 7.10. The van der Waals surface area contributed by atoms with Crippen LogP contribution >= 0.6 is 11.3 Å². The number of carbonyl (C=O) groups excluding carboxylic acids is 1. The smallest absolute Gasteiger partial charge is 0.254 e. The van der Waals surface area contributed by atoms with Gasteiger partial charge >= 0.3 is 0 Å². The summed E-state index contributed by atoms with van der Waals surface area (Å²) in [5, 5.41) is 15.8. The van der Waals surface area contributed by atoms with Crippen molar-refractivity contribution in [3.05, 3.63) is 38.4 Å². The summed E-state index contributed by atoms with van der Waals surface area (Å²) in [5.41, 5.74) is 4.12. The predicted octanol–water partition coefficient (Wildman–Crippen LogP) is 3.15. The average Bonchev–Trinajstić information content (AvgIpc) is 3.22. The van der Waals surface area contributed by atoms with Crippen molar-refractivity contribution in [1.29, 1.82) is 0 Å². The second-order valence-corrected chi connectivity index (χ2v) is 9.45. The van der Waals surface area contributed by atoms with Crippen LogP contribution < -0.4 is 0 Å². The molecule has 1 fully saturated rings. The van der Waals surface area contributed by atoms with Crippen LogP contribution in [0.15, 0.2) is 9.90 Å². The minimum atomic E-state index is -0.0777. The van der Waals surface area contributed by atoms with Gasteiger partial charge in [-0.3, -0.25) is 9.69 Å². The molecule has 6 nitrogen and oxygen atoms in total. The monoisotopic (exact) mass is 403 g/mol. The van der Waals surface area contributed by atoms with E-state index in [0.717, 1.165) is 62.3 Å². The molecule has 2 aromatic heterocycles. The molecule has 4 rings (SSSR count). The molecule has 152 valence electrons. The van der Waals surface area contributed by atoms with Gasteiger partial charge in [0.05, 0.1) is 17.9 Å². The van der Waals surface area contributed by atoms with Crippen LogP contribution in [0.5, 0.6) is 0 Å². The van der Waals surface area contributed by atoms with Gasteiger partial charge in [-0.2, -0.15) is 0 Å². The lowest BCUT2D eigenvalue weighted by Gasteiger charge is -2.42. The third kappa shape index (κ3) is 3.51. The molecule has 7 heteroatoms. The number of carbonyl (C=O) groups is 1. The predicted molar refractivity (Wildman–Crippen MR) is 108 cm³/mol. The van der Waals surface area contributed by atoms with Gasteiger partial charge in [0, 0.05) is 54.5 Å². The molecule has 1 aliphatic heterocycles. The lowest BCUT2D eigenvalue weighted by Crippen LogP contribution is -2.45. The molecule has 1 amide bonds. The first-order valence-electron chi connectivity index (χ1n) is 10.0. The van der Waals surface area contributed by atoms with Gasteiger partial charge in [-0.15, -0.1) is 11.3 Å². The van der Waals surface area contributed by atoms with Crippen molar-refractivity contribution in [3.8, 4) is 0 Å². The average molecular weight is 404 g/mol. The SMILES string of the molecule is Cc1noc(C)c1CN1CCc2c(C(=O)N(C)CC3(CO)CCC3)csc2C1. The van der Waals surface area contributed by atoms with Crippen molar-refractivity contribution in [2.75, 3.05) is 26.7 Å². The van der Waals surface area contributed by atoms with Crippen LogP contribution in [0.2, 0.25) is 0 Å². The maximum atomic E-state index is 13.1. The molecule has 1 aliphatic carbocycles. The normalized spacial score (nSPS) is 18.6. The molecule has 0 aromatic carbocycles. The number of thiophene rings is 1. The van der Waals surface area contributed by atoms with Crippen molar-refractivity contribution in [3.63, 3.8) is 0 Å². The molecule has 1 N–H and O–H groups in total. The van der Waals surface area contributed by atoms with Crippen LogP contribution in [-0.4, -0.2) is 52.7 Å². The Morgan fingerprint density at radius 1 is 1.43 bits per heavy atom. The standard InChI is InChI=1S/C21H29N3O3S/c1-14-17(15(2)27-22-14)9-24-8-5-16-18(11-28-19(16)10-24)20(26)23(3)12-21(13-25)6-4-7-21/h11,25H,4-10,12-13H2,1-3H3. The number of fused-ring (bicyclic) bond motifs is 1. The lowest BCUT2D eigenvalue weighted by molar-refractivity contribution is 0.0146. The maximum Gasteiger partial charge on any atom is 0.254 e. The number of nitrogens with zero attached hydrogens (tertiary/aromatic N) is 3. The summed E-state index contributed by atoms with van der Waals surface area (Å²) in [6.45, 7) is 7.39. The summed E-state index contributed by atoms with van der Waals surface area (Å²) in [5.74, 6) is 0.983. The number of amides is 1. The van der Waals surface area contributed by atoms with E-state index in [1.54, 1.807) is 11.3 Å². The minimum absolute atomic E-state index is 0.0777. The largest absolute Gasteiger partial charge is 0.396 e. The van der Waals surface area contributed by atoms with E-state index in [4.69, 9.17) is 4.52 Å². The van der Waals surface area contributed by atoms with Crippen LogP contribution in [0.4, 0.5) is 0 Å². The molecule has 3 heterocycles. The van der Waals surface area contributed by atoms with Gasteiger partial charge in [0.2, 0.25) is 0 Å². The molecule has 0 saturated heterocycles. The molecule has 2 aromatic rings. The molecule has 0 bridgehead atoms. The fourth-order valence-corrected chi connectivity index (χ4v) is 5.59. The summed E-state index contributed by atoms with van der Waals surface area (Å²) in [6, 6.07) is 0. The van der Waals surface area contributed by atoms with Crippen LogP contribution in [-0.2, 0) is 19.5 Å². The molecule has 0 atom stereocenters. The Morgan fingerprint density at radius 2 is 2.21 bits per heavy atom. The first-order valence-corrected chi connectivity index (χ1v) is 10.9. The van der Waals surface area contributed by atoms with Gasteiger partial charge < -0.3 is 14.5 Å². The van der Waals surface area contributed by atoms with Crippen LogP contribution in [0, 0.1) is 19.3 Å². The van der Waals surface area contributed by atoms with Crippen molar-refractivity contribution < 1.29 is 14.4 Å². The van der Waals surface area contributed by atoms with Gasteiger partial charge in [-0.25, -0.2) is 0 Å². The van der Waals surface area contributed by atoms with E-state index in [1.807, 2.05) is 31.2 Å². The summed E-state index contributed by atoms with van der Waals surface area (Å²) in [7, 11) is 1.87. The highest BCUT2D eigenvalue weighted by Crippen LogP contribution is 2.41. The minimum Gasteiger partial charge on any atom is -0.396 e. The second kappa shape index (κ2) is 7.61. The Balaban J connectivity index is 1.44. The zero-order valence-corrected chi connectivity index (χ0v) is 17.8. The Labute approximate surface area is 170 Å². The lowest BCUT2D eigenvalue weighted by atomic mass is 9.69. The van der Waals surface area contributed by atoms with E-state index in [2.05, 4.69) is 10.1 Å². The molecule has 0 radical (unpaired) electrons. The van der Waals surface area contributed by atoms with Crippen molar-refractivity contribution in [2.24, 2.45) is 5.41 Å². The first-order chi connectivity index (χ1) is 13.4. The highest BCUT2D eigenvalue weighted by Gasteiger charge is 2.38. The third-order valence-corrected chi connectivity index (χ3v) is 7.50. The topological polar surface area (TPSA) is 69.8 Å². The van der Waals surface area contributed by atoms with E-state index >= 15 is 0 Å². The molecular weight excluding hydrogens is 374 g/mol. The third-order valence-electron chi connectivity index (χ3n) is 6.49. The van der Waals surface area contributed by atoms with E-state index in [-0.39, 0.29) is 17.9 Å². The molecule has 1 saturated carbocycles. The second-order valence-electron chi connectivity index (χ2n) is 8.49. The molecule has 2 aliphatic rings. The number of hydrogen-bond donors (Lipinski definition) is 1. The van der Waals surface area contributed by atoms with E-state index in [0.29, 0.717) is 6.54 Å². The number of hydrogen-bond acceptors (Lipinski definition) is 6. The molecular formula is C21H29N3O3S. The highest BCUT2D eigenvalue weighted by atomic mass is 32.1. The number of aromatic nitrogens is 1. The summed E-state index contributed by atoms with van der Waals surface area (Å²) in [4.78, 5) is 18.6. The quantitative estimate of drug-likeness (QED) is 0.802. The summed E-state index contributed by atoms with van der Waals surface area (Å²) in [6.07, 6.45) is 4.07. The van der Waals surface area contributed by atoms with Gasteiger partial charge in [-0.05, 0) is 38.7 Å². The Bertz CT molecular complexity index is 843. The molecule has 28 heavy (non-hydrogen) atoms. The van der Waals surface area contributed by atoms with Crippen LogP contribution in [0.1, 0.15) is 57.1 Å². The fourth-order valence-electron chi connectivity index (χ4n) is 4.47. The van der Waals surface area contributed by atoms with Gasteiger partial charge in [0.25, 0.3) is 5.91 Å². The van der Waals surface area contributed by atoms with Crippen LogP contribution in [0.25, 0.3) is 0 Å². The maximum absolute atomic E-state index is 13.1. The van der Waals surface area contributed by atoms with Gasteiger partial charge in [-0.1, -0.05) is 11.6 Å². The number of aliphatic hydroxyl groups is 1. The van der Waals surface area contributed by atoms with Crippen molar-refractivity contribution >= 4 is 17.2 Å². The zero-order chi connectivity index (χ0) is 19.9. The van der Waals surface area contributed by atoms with Crippen molar-refractivity contribution in [2.45, 2.75) is 52.6 Å². The first kappa shape index (κ1) is 19.6.